The molecule has 1 fully saturated rings. The van der Waals surface area contributed by atoms with E-state index in [1.165, 1.54) is 6.07 Å². The molecular formula is C17H17Cl2N3O2. The van der Waals surface area contributed by atoms with Gasteiger partial charge < -0.3 is 10.1 Å². The van der Waals surface area contributed by atoms with Crippen LogP contribution in [0, 0.1) is 0 Å². The molecule has 2 N–H and O–H groups in total. The number of aromatic hydroxyl groups is 1. The molecule has 1 aliphatic carbocycles. The summed E-state index contributed by atoms with van der Waals surface area (Å²) in [6, 6.07) is 3.25. The van der Waals surface area contributed by atoms with Crippen molar-refractivity contribution in [3.63, 3.8) is 0 Å². The van der Waals surface area contributed by atoms with Gasteiger partial charge in [-0.15, -0.1) is 0 Å². The molecule has 24 heavy (non-hydrogen) atoms. The number of hydrogen-bond donors (Lipinski definition) is 2. The third kappa shape index (κ3) is 3.04. The fourth-order valence-electron chi connectivity index (χ4n) is 3.18. The summed E-state index contributed by atoms with van der Waals surface area (Å²) in [7, 11) is 0. The Bertz CT molecular complexity index is 862. The standard InChI is InChI=1S/C17H17Cl2N3O2/c18-11-5-10(15(23)13(19)6-11)7-22-4-3-12-14(8-22)20-16(9-1-2-9)21-17(12)24/h5-6,9,23H,1-4,7-8H2,(H,20,21,24). The molecule has 7 heteroatoms. The van der Waals surface area contributed by atoms with E-state index < -0.39 is 0 Å². The van der Waals surface area contributed by atoms with Gasteiger partial charge in [0.1, 0.15) is 11.6 Å². The van der Waals surface area contributed by atoms with Gasteiger partial charge in [0.15, 0.2) is 0 Å². The van der Waals surface area contributed by atoms with E-state index in [4.69, 9.17) is 23.2 Å². The maximum absolute atomic E-state index is 12.2. The van der Waals surface area contributed by atoms with Crippen molar-refractivity contribution < 1.29 is 5.11 Å². The van der Waals surface area contributed by atoms with Crippen LogP contribution in [-0.2, 0) is 19.5 Å². The first kappa shape index (κ1) is 15.9. The van der Waals surface area contributed by atoms with Crippen LogP contribution in [0.4, 0.5) is 0 Å². The number of hydrogen-bond acceptors (Lipinski definition) is 4. The second-order valence-electron chi connectivity index (χ2n) is 6.51. The Hall–Kier alpha value is -1.56. The van der Waals surface area contributed by atoms with Crippen molar-refractivity contribution in [2.24, 2.45) is 0 Å². The summed E-state index contributed by atoms with van der Waals surface area (Å²) >= 11 is 12.0. The van der Waals surface area contributed by atoms with Crippen LogP contribution in [0.15, 0.2) is 16.9 Å². The molecule has 1 aromatic heterocycles. The summed E-state index contributed by atoms with van der Waals surface area (Å²) in [5.41, 5.74) is 2.31. The molecule has 4 rings (SSSR count). The van der Waals surface area contributed by atoms with Gasteiger partial charge in [-0.2, -0.15) is 0 Å². The van der Waals surface area contributed by atoms with E-state index in [1.807, 2.05) is 0 Å². The molecule has 2 aromatic rings. The van der Waals surface area contributed by atoms with E-state index in [-0.39, 0.29) is 16.3 Å². The van der Waals surface area contributed by atoms with Crippen LogP contribution < -0.4 is 5.56 Å². The normalized spacial score (nSPS) is 17.8. The molecule has 5 nitrogen and oxygen atoms in total. The highest BCUT2D eigenvalue weighted by Crippen LogP contribution is 2.38. The largest absolute Gasteiger partial charge is 0.506 e. The van der Waals surface area contributed by atoms with Crippen LogP contribution in [0.1, 0.15) is 41.4 Å². The van der Waals surface area contributed by atoms with Crippen LogP contribution >= 0.6 is 23.2 Å². The van der Waals surface area contributed by atoms with E-state index in [9.17, 15) is 9.90 Å². The van der Waals surface area contributed by atoms with Gasteiger partial charge in [0.05, 0.1) is 10.7 Å². The molecule has 0 atom stereocenters. The minimum absolute atomic E-state index is 0.00445. The molecule has 0 bridgehead atoms. The lowest BCUT2D eigenvalue weighted by Crippen LogP contribution is -2.35. The zero-order valence-corrected chi connectivity index (χ0v) is 14.5. The van der Waals surface area contributed by atoms with Gasteiger partial charge in [-0.05, 0) is 31.4 Å². The van der Waals surface area contributed by atoms with Crippen LogP contribution in [0.2, 0.25) is 10.0 Å². The van der Waals surface area contributed by atoms with Crippen molar-refractivity contribution in [1.29, 1.82) is 0 Å². The van der Waals surface area contributed by atoms with Gasteiger partial charge in [-0.3, -0.25) is 9.69 Å². The van der Waals surface area contributed by atoms with Crippen molar-refractivity contribution in [2.45, 2.75) is 38.3 Å². The molecule has 2 aliphatic rings. The summed E-state index contributed by atoms with van der Waals surface area (Å²) in [6.45, 7) is 1.82. The molecule has 0 radical (unpaired) electrons. The highest BCUT2D eigenvalue weighted by Gasteiger charge is 2.29. The predicted octanol–water partition coefficient (Wildman–Crippen LogP) is 3.22. The van der Waals surface area contributed by atoms with Crippen LogP contribution in [0.3, 0.4) is 0 Å². The number of phenols is 1. The lowest BCUT2D eigenvalue weighted by Gasteiger charge is -2.28. The molecule has 2 heterocycles. The van der Waals surface area contributed by atoms with Gasteiger partial charge in [-0.1, -0.05) is 23.2 Å². The molecule has 1 aromatic carbocycles. The highest BCUT2D eigenvalue weighted by molar-refractivity contribution is 6.35. The Morgan fingerprint density at radius 1 is 1.33 bits per heavy atom. The summed E-state index contributed by atoms with van der Waals surface area (Å²) in [4.78, 5) is 22.0. The molecular weight excluding hydrogens is 349 g/mol. The number of H-pyrrole nitrogens is 1. The van der Waals surface area contributed by atoms with Crippen molar-refractivity contribution in [1.82, 2.24) is 14.9 Å². The first-order chi connectivity index (χ1) is 11.5. The van der Waals surface area contributed by atoms with Gasteiger partial charge in [-0.25, -0.2) is 4.98 Å². The minimum Gasteiger partial charge on any atom is -0.506 e. The second kappa shape index (κ2) is 6.06. The first-order valence-electron chi connectivity index (χ1n) is 8.02. The fourth-order valence-corrected chi connectivity index (χ4v) is 3.71. The van der Waals surface area contributed by atoms with Crippen LogP contribution in [-0.4, -0.2) is 26.5 Å². The first-order valence-corrected chi connectivity index (χ1v) is 8.78. The molecule has 0 unspecified atom stereocenters. The Morgan fingerprint density at radius 2 is 2.12 bits per heavy atom. The average Bonchev–Trinajstić information content (AvgIpc) is 3.36. The lowest BCUT2D eigenvalue weighted by atomic mass is 10.0. The molecule has 0 saturated heterocycles. The summed E-state index contributed by atoms with van der Waals surface area (Å²) in [5, 5.41) is 10.9. The SMILES string of the molecule is O=c1[nH]c(C2CC2)nc2c1CCN(Cc1cc(Cl)cc(Cl)c1O)C2. The van der Waals surface area contributed by atoms with Gasteiger partial charge in [0.25, 0.3) is 5.56 Å². The number of nitrogens with one attached hydrogen (secondary N) is 1. The zero-order chi connectivity index (χ0) is 16.8. The number of halogens is 2. The number of benzene rings is 1. The minimum atomic E-state index is -0.00445. The molecule has 126 valence electrons. The molecule has 0 amide bonds. The molecule has 0 spiro atoms. The topological polar surface area (TPSA) is 69.2 Å². The van der Waals surface area contributed by atoms with E-state index >= 15 is 0 Å². The zero-order valence-electron chi connectivity index (χ0n) is 13.0. The lowest BCUT2D eigenvalue weighted by molar-refractivity contribution is 0.237. The number of phenolic OH excluding ortho intramolecular Hbond substituents is 1. The second-order valence-corrected chi connectivity index (χ2v) is 7.35. The van der Waals surface area contributed by atoms with E-state index in [1.54, 1.807) is 6.07 Å². The van der Waals surface area contributed by atoms with Crippen molar-refractivity contribution in [3.05, 3.63) is 55.2 Å². The van der Waals surface area contributed by atoms with E-state index in [0.29, 0.717) is 36.0 Å². The van der Waals surface area contributed by atoms with E-state index in [2.05, 4.69) is 14.9 Å². The Balaban J connectivity index is 1.59. The smallest absolute Gasteiger partial charge is 0.254 e. The van der Waals surface area contributed by atoms with Crippen LogP contribution in [0.25, 0.3) is 0 Å². The van der Waals surface area contributed by atoms with Crippen molar-refractivity contribution >= 4 is 23.2 Å². The third-order valence-corrected chi connectivity index (χ3v) is 5.14. The average molecular weight is 366 g/mol. The highest BCUT2D eigenvalue weighted by atomic mass is 35.5. The summed E-state index contributed by atoms with van der Waals surface area (Å²) in [6.07, 6.45) is 2.85. The monoisotopic (exact) mass is 365 g/mol. The number of nitrogens with zero attached hydrogens (tertiary/aromatic N) is 2. The number of aromatic amines is 1. The van der Waals surface area contributed by atoms with Crippen molar-refractivity contribution in [3.8, 4) is 5.75 Å². The van der Waals surface area contributed by atoms with Gasteiger partial charge in [0, 0.05) is 41.7 Å². The maximum Gasteiger partial charge on any atom is 0.254 e. The fraction of sp³-hybridized carbons (Fsp3) is 0.412. The van der Waals surface area contributed by atoms with Crippen molar-refractivity contribution in [2.75, 3.05) is 6.54 Å². The quantitative estimate of drug-likeness (QED) is 0.875. The number of rotatable bonds is 3. The third-order valence-electron chi connectivity index (χ3n) is 4.64. The van der Waals surface area contributed by atoms with Crippen LogP contribution in [0.5, 0.6) is 5.75 Å². The Kier molecular flexibility index (Phi) is 4.03. The summed E-state index contributed by atoms with van der Waals surface area (Å²) in [5.74, 6) is 1.29. The Morgan fingerprint density at radius 3 is 2.88 bits per heavy atom. The molecule has 1 aliphatic heterocycles. The number of fused-ring (bicyclic) bond motifs is 1. The number of aromatic nitrogens is 2. The van der Waals surface area contributed by atoms with Gasteiger partial charge in [0.2, 0.25) is 0 Å². The maximum atomic E-state index is 12.2. The Labute approximate surface area is 149 Å². The van der Waals surface area contributed by atoms with Gasteiger partial charge >= 0.3 is 0 Å². The predicted molar refractivity (Wildman–Crippen MR) is 92.8 cm³/mol. The summed E-state index contributed by atoms with van der Waals surface area (Å²) < 4.78 is 0. The van der Waals surface area contributed by atoms with E-state index in [0.717, 1.165) is 36.5 Å². The molecule has 1 saturated carbocycles.